The zero-order valence-electron chi connectivity index (χ0n) is 12.8. The van der Waals surface area contributed by atoms with E-state index < -0.39 is 39.2 Å². The third-order valence-electron chi connectivity index (χ3n) is 4.17. The minimum atomic E-state index is -4.19. The van der Waals surface area contributed by atoms with E-state index in [0.29, 0.717) is 5.56 Å². The number of nitrogens with one attached hydrogen (secondary N) is 1. The molecule has 1 aromatic carbocycles. The Morgan fingerprint density at radius 2 is 1.83 bits per heavy atom. The second-order valence-corrected chi connectivity index (χ2v) is 7.61. The van der Waals surface area contributed by atoms with Gasteiger partial charge in [-0.15, -0.1) is 0 Å². The minimum absolute atomic E-state index is 0.0176. The fraction of sp³-hybridized carbons (Fsp3) is 0.467. The van der Waals surface area contributed by atoms with Crippen molar-refractivity contribution in [3.8, 4) is 5.75 Å². The highest BCUT2D eigenvalue weighted by molar-refractivity contribution is 7.86. The van der Waals surface area contributed by atoms with E-state index in [2.05, 4.69) is 5.32 Å². The van der Waals surface area contributed by atoms with E-state index >= 15 is 0 Å². The van der Waals surface area contributed by atoms with E-state index in [-0.39, 0.29) is 31.4 Å². The molecule has 0 aliphatic heterocycles. The maximum atomic E-state index is 12.2. The maximum absolute atomic E-state index is 12.2. The fourth-order valence-electron chi connectivity index (χ4n) is 2.81. The molecule has 0 aromatic heterocycles. The van der Waals surface area contributed by atoms with Gasteiger partial charge in [-0.25, -0.2) is 4.79 Å². The lowest BCUT2D eigenvalue weighted by molar-refractivity contribution is -0.142. The maximum Gasteiger partial charge on any atom is 0.326 e. The molecule has 3 atom stereocenters. The van der Waals surface area contributed by atoms with Crippen LogP contribution in [0.4, 0.5) is 0 Å². The largest absolute Gasteiger partial charge is 0.508 e. The first-order chi connectivity index (χ1) is 11.2. The molecule has 0 saturated heterocycles. The Bertz CT molecular complexity index is 714. The van der Waals surface area contributed by atoms with E-state index in [0.717, 1.165) is 0 Å². The number of aliphatic carboxylic acids is 1. The monoisotopic (exact) mass is 357 g/mol. The highest BCUT2D eigenvalue weighted by Crippen LogP contribution is 2.30. The summed E-state index contributed by atoms with van der Waals surface area (Å²) in [6, 6.07) is 4.79. The Labute approximate surface area is 139 Å². The lowest BCUT2D eigenvalue weighted by Crippen LogP contribution is -2.44. The zero-order chi connectivity index (χ0) is 17.9. The number of carboxylic acids is 1. The van der Waals surface area contributed by atoms with Crippen LogP contribution in [0, 0.1) is 5.92 Å². The Kier molecular flexibility index (Phi) is 5.45. The summed E-state index contributed by atoms with van der Waals surface area (Å²) < 4.78 is 31.3. The summed E-state index contributed by atoms with van der Waals surface area (Å²) in [5.74, 6) is -2.33. The molecule has 4 N–H and O–H groups in total. The number of carbonyl (C=O) groups excluding carboxylic acids is 1. The average Bonchev–Trinajstić information content (AvgIpc) is 2.98. The fourth-order valence-corrected chi connectivity index (χ4v) is 3.72. The lowest BCUT2D eigenvalue weighted by atomic mass is 10.0. The Hall–Kier alpha value is -2.13. The Balaban J connectivity index is 1.99. The number of phenols is 1. The van der Waals surface area contributed by atoms with Gasteiger partial charge in [0.25, 0.3) is 10.1 Å². The van der Waals surface area contributed by atoms with Gasteiger partial charge in [0.05, 0.1) is 5.25 Å². The topological polar surface area (TPSA) is 141 Å². The van der Waals surface area contributed by atoms with E-state index in [4.69, 9.17) is 4.55 Å². The van der Waals surface area contributed by atoms with E-state index in [1.54, 1.807) is 12.1 Å². The summed E-state index contributed by atoms with van der Waals surface area (Å²) in [5, 5.41) is 19.9. The molecule has 2 rings (SSSR count). The molecular weight excluding hydrogens is 338 g/mol. The van der Waals surface area contributed by atoms with Crippen molar-refractivity contribution in [1.82, 2.24) is 5.32 Å². The van der Waals surface area contributed by atoms with Gasteiger partial charge in [-0.2, -0.15) is 8.42 Å². The summed E-state index contributed by atoms with van der Waals surface area (Å²) in [5.41, 5.74) is 0.628. The van der Waals surface area contributed by atoms with Gasteiger partial charge in [0.2, 0.25) is 5.91 Å². The number of aromatic hydroxyl groups is 1. The minimum Gasteiger partial charge on any atom is -0.508 e. The number of carboxylic acid groups (broad SMARTS) is 1. The van der Waals surface area contributed by atoms with E-state index in [1.807, 2.05) is 0 Å². The predicted molar refractivity (Wildman–Crippen MR) is 84.1 cm³/mol. The standard InChI is InChI=1S/C15H19NO7S/c17-11-4-1-9(2-5-11)7-13(15(19)20)16-14(18)10-3-6-12(8-10)24(21,22)23/h1-2,4-5,10,12-13,17H,3,6-8H2,(H,16,18)(H,19,20)(H,21,22,23)/t10-,12-,13-/m0/s1. The number of carbonyl (C=O) groups is 2. The summed E-state index contributed by atoms with van der Waals surface area (Å²) in [4.78, 5) is 23.5. The van der Waals surface area contributed by atoms with Crippen LogP contribution in [0.15, 0.2) is 24.3 Å². The second-order valence-electron chi connectivity index (χ2n) is 5.92. The van der Waals surface area contributed by atoms with Crippen molar-refractivity contribution in [2.24, 2.45) is 5.92 Å². The van der Waals surface area contributed by atoms with Gasteiger partial charge < -0.3 is 15.5 Å². The highest BCUT2D eigenvalue weighted by atomic mass is 32.2. The molecule has 0 heterocycles. The molecule has 8 nitrogen and oxygen atoms in total. The van der Waals surface area contributed by atoms with Gasteiger partial charge in [-0.3, -0.25) is 9.35 Å². The molecule has 0 spiro atoms. The van der Waals surface area contributed by atoms with E-state index in [9.17, 15) is 28.2 Å². The molecule has 1 aromatic rings. The van der Waals surface area contributed by atoms with Gasteiger partial charge >= 0.3 is 5.97 Å². The van der Waals surface area contributed by atoms with Crippen LogP contribution in [0.1, 0.15) is 24.8 Å². The van der Waals surface area contributed by atoms with Crippen LogP contribution >= 0.6 is 0 Å². The molecule has 24 heavy (non-hydrogen) atoms. The highest BCUT2D eigenvalue weighted by Gasteiger charge is 2.37. The van der Waals surface area contributed by atoms with Crippen molar-refractivity contribution in [3.63, 3.8) is 0 Å². The van der Waals surface area contributed by atoms with Crippen molar-refractivity contribution in [2.45, 2.75) is 37.0 Å². The summed E-state index contributed by atoms with van der Waals surface area (Å²) >= 11 is 0. The molecule has 1 saturated carbocycles. The number of amides is 1. The molecule has 0 bridgehead atoms. The molecule has 1 aliphatic rings. The van der Waals surface area contributed by atoms with Gasteiger partial charge in [0, 0.05) is 12.3 Å². The van der Waals surface area contributed by atoms with Gasteiger partial charge in [0.1, 0.15) is 11.8 Å². The summed E-state index contributed by atoms with van der Waals surface area (Å²) in [6.07, 6.45) is 0.473. The molecular formula is C15H19NO7S. The first-order valence-electron chi connectivity index (χ1n) is 7.44. The van der Waals surface area contributed by atoms with Crippen LogP contribution in [0.2, 0.25) is 0 Å². The summed E-state index contributed by atoms with van der Waals surface area (Å²) in [7, 11) is -4.19. The van der Waals surface area contributed by atoms with Crippen molar-refractivity contribution < 1.29 is 32.8 Å². The van der Waals surface area contributed by atoms with Crippen LogP contribution in [-0.2, 0) is 26.1 Å². The number of hydrogen-bond donors (Lipinski definition) is 4. The second kappa shape index (κ2) is 7.18. The van der Waals surface area contributed by atoms with Crippen molar-refractivity contribution in [3.05, 3.63) is 29.8 Å². The van der Waals surface area contributed by atoms with Gasteiger partial charge in [-0.05, 0) is 37.0 Å². The molecule has 0 radical (unpaired) electrons. The van der Waals surface area contributed by atoms with Crippen molar-refractivity contribution >= 4 is 22.0 Å². The first-order valence-corrected chi connectivity index (χ1v) is 8.94. The lowest BCUT2D eigenvalue weighted by Gasteiger charge is -2.17. The van der Waals surface area contributed by atoms with E-state index in [1.165, 1.54) is 12.1 Å². The molecule has 1 fully saturated rings. The molecule has 132 valence electrons. The third kappa shape index (κ3) is 4.68. The zero-order valence-corrected chi connectivity index (χ0v) is 13.6. The average molecular weight is 357 g/mol. The quantitative estimate of drug-likeness (QED) is 0.545. The predicted octanol–water partition coefficient (Wildman–Crippen LogP) is 0.561. The number of hydrogen-bond acceptors (Lipinski definition) is 5. The number of rotatable bonds is 6. The first kappa shape index (κ1) is 18.2. The van der Waals surface area contributed by atoms with Crippen LogP contribution in [0.3, 0.4) is 0 Å². The number of phenolic OH excluding ortho intramolecular Hbond substituents is 1. The molecule has 1 amide bonds. The van der Waals surface area contributed by atoms with Crippen molar-refractivity contribution in [1.29, 1.82) is 0 Å². The Morgan fingerprint density at radius 3 is 2.33 bits per heavy atom. The van der Waals surface area contributed by atoms with Crippen LogP contribution < -0.4 is 5.32 Å². The SMILES string of the molecule is O=C(N[C@@H](Cc1ccc(O)cc1)C(=O)O)[C@H]1CC[C@H](S(=O)(=O)O)C1. The van der Waals surface area contributed by atoms with Gasteiger partial charge in [0.15, 0.2) is 0 Å². The van der Waals surface area contributed by atoms with Crippen LogP contribution in [0.25, 0.3) is 0 Å². The molecule has 9 heteroatoms. The Morgan fingerprint density at radius 1 is 1.21 bits per heavy atom. The molecule has 1 aliphatic carbocycles. The number of benzene rings is 1. The normalized spacial score (nSPS) is 22.0. The van der Waals surface area contributed by atoms with Gasteiger partial charge in [-0.1, -0.05) is 12.1 Å². The van der Waals surface area contributed by atoms with Crippen molar-refractivity contribution in [2.75, 3.05) is 0 Å². The summed E-state index contributed by atoms with van der Waals surface area (Å²) in [6.45, 7) is 0. The smallest absolute Gasteiger partial charge is 0.326 e. The van der Waals surface area contributed by atoms with Crippen LogP contribution in [-0.4, -0.2) is 46.4 Å². The third-order valence-corrected chi connectivity index (χ3v) is 5.44. The molecule has 0 unspecified atom stereocenters. The van der Waals surface area contributed by atoms with Crippen LogP contribution in [0.5, 0.6) is 5.75 Å².